The first-order valence-corrected chi connectivity index (χ1v) is 7.47. The van der Waals surface area contributed by atoms with E-state index in [-0.39, 0.29) is 17.4 Å². The van der Waals surface area contributed by atoms with E-state index in [0.29, 0.717) is 17.7 Å². The maximum Gasteiger partial charge on any atom is 0.226 e. The number of aliphatic hydroxyl groups is 1. The molecule has 0 unspecified atom stereocenters. The smallest absolute Gasteiger partial charge is 0.226 e. The molecule has 25 heavy (non-hydrogen) atoms. The Morgan fingerprint density at radius 1 is 1.16 bits per heavy atom. The van der Waals surface area contributed by atoms with Crippen LogP contribution in [0.5, 0.6) is 0 Å². The summed E-state index contributed by atoms with van der Waals surface area (Å²) < 4.78 is 0. The molecule has 0 aliphatic heterocycles. The van der Waals surface area contributed by atoms with Crippen molar-refractivity contribution in [3.05, 3.63) is 71.1 Å². The van der Waals surface area contributed by atoms with E-state index < -0.39 is 5.78 Å². The lowest BCUT2D eigenvalue weighted by molar-refractivity contribution is 0.101. The van der Waals surface area contributed by atoms with Crippen LogP contribution in [0, 0.1) is 0 Å². The molecule has 2 heterocycles. The van der Waals surface area contributed by atoms with Gasteiger partial charge in [0.05, 0.1) is 6.20 Å². The fourth-order valence-corrected chi connectivity index (χ4v) is 2.33. The zero-order valence-corrected chi connectivity index (χ0v) is 13.4. The molecule has 0 aliphatic carbocycles. The number of nitrogens with zero attached hydrogens (tertiary/aromatic N) is 3. The van der Waals surface area contributed by atoms with Gasteiger partial charge in [-0.15, -0.1) is 0 Å². The van der Waals surface area contributed by atoms with Crippen LogP contribution in [-0.4, -0.2) is 42.1 Å². The lowest BCUT2D eigenvalue weighted by Gasteiger charge is -2.04. The monoisotopic (exact) mass is 337 g/mol. The second-order valence-electron chi connectivity index (χ2n) is 5.43. The van der Waals surface area contributed by atoms with Crippen LogP contribution in [0.3, 0.4) is 0 Å². The fourth-order valence-electron chi connectivity index (χ4n) is 2.33. The minimum absolute atomic E-state index is 0.00190. The second-order valence-corrected chi connectivity index (χ2v) is 5.43. The number of H-pyrrole nitrogens is 2. The Morgan fingerprint density at radius 2 is 1.92 bits per heavy atom. The quantitative estimate of drug-likeness (QED) is 0.359. The molecule has 0 atom stereocenters. The van der Waals surface area contributed by atoms with E-state index in [1.54, 1.807) is 18.3 Å². The third kappa shape index (κ3) is 3.69. The number of carbonyl (C=O) groups excluding carboxylic acids is 2. The molecule has 8 heteroatoms. The topological polar surface area (TPSA) is 125 Å². The molecule has 0 aliphatic rings. The van der Waals surface area contributed by atoms with Crippen LogP contribution in [0.15, 0.2) is 42.9 Å². The van der Waals surface area contributed by atoms with E-state index in [1.807, 2.05) is 12.1 Å². The van der Waals surface area contributed by atoms with Gasteiger partial charge in [0.1, 0.15) is 17.8 Å². The first-order chi connectivity index (χ1) is 12.0. The molecule has 8 nitrogen and oxygen atoms in total. The van der Waals surface area contributed by atoms with Gasteiger partial charge in [-0.2, -0.15) is 10.2 Å². The fraction of sp³-hybridized carbons (Fsp3) is 0.118. The van der Waals surface area contributed by atoms with Crippen LogP contribution in [0.4, 0.5) is 0 Å². The summed E-state index contributed by atoms with van der Waals surface area (Å²) in [7, 11) is 0. The summed E-state index contributed by atoms with van der Waals surface area (Å²) in [5.41, 5.74) is 2.65. The van der Waals surface area contributed by atoms with Gasteiger partial charge in [0.15, 0.2) is 11.6 Å². The molecule has 0 fully saturated rings. The Bertz CT molecular complexity index is 924. The summed E-state index contributed by atoms with van der Waals surface area (Å²) >= 11 is 0. The molecule has 0 spiro atoms. The van der Waals surface area contributed by atoms with Crippen molar-refractivity contribution in [2.45, 2.75) is 13.3 Å². The van der Waals surface area contributed by atoms with Gasteiger partial charge in [0.25, 0.3) is 0 Å². The molecule has 3 aromatic rings. The van der Waals surface area contributed by atoms with Crippen molar-refractivity contribution in [1.82, 2.24) is 25.4 Å². The van der Waals surface area contributed by atoms with E-state index in [0.717, 1.165) is 17.2 Å². The van der Waals surface area contributed by atoms with Crippen LogP contribution in [-0.2, 0) is 6.42 Å². The van der Waals surface area contributed by atoms with Gasteiger partial charge >= 0.3 is 0 Å². The predicted octanol–water partition coefficient (Wildman–Crippen LogP) is 2.10. The van der Waals surface area contributed by atoms with Gasteiger partial charge in [0, 0.05) is 23.6 Å². The van der Waals surface area contributed by atoms with E-state index in [1.165, 1.54) is 13.3 Å². The first-order valence-electron chi connectivity index (χ1n) is 7.47. The number of hydrogen-bond acceptors (Lipinski definition) is 6. The van der Waals surface area contributed by atoms with Gasteiger partial charge in [-0.05, 0) is 12.5 Å². The standard InChI is InChI=1S/C17H15N5O3/c1-10(23)12-4-2-11(3-5-12)6-13-8-19-21-16(13)14(24)7-15(25)17-18-9-20-22-17/h2-5,7-9,24H,6H2,1H3,(H,19,21)(H,18,20,22). The van der Waals surface area contributed by atoms with Gasteiger partial charge < -0.3 is 5.11 Å². The molecule has 0 saturated carbocycles. The van der Waals surface area contributed by atoms with Crippen molar-refractivity contribution in [1.29, 1.82) is 0 Å². The molecule has 3 rings (SSSR count). The van der Waals surface area contributed by atoms with Crippen LogP contribution in [0.25, 0.3) is 5.76 Å². The van der Waals surface area contributed by atoms with E-state index >= 15 is 0 Å². The number of aliphatic hydroxyl groups excluding tert-OH is 1. The molecule has 2 aromatic heterocycles. The number of Topliss-reactive ketones (excluding diaryl/α,β-unsaturated/α-hetero) is 1. The van der Waals surface area contributed by atoms with Crippen LogP contribution in [0.2, 0.25) is 0 Å². The molecular weight excluding hydrogens is 322 g/mol. The minimum Gasteiger partial charge on any atom is -0.506 e. The van der Waals surface area contributed by atoms with Crippen LogP contribution in [0.1, 0.15) is 44.7 Å². The highest BCUT2D eigenvalue weighted by Crippen LogP contribution is 2.19. The Balaban J connectivity index is 1.80. The minimum atomic E-state index is -0.499. The number of rotatable bonds is 6. The average Bonchev–Trinajstić information content (AvgIpc) is 3.27. The summed E-state index contributed by atoms with van der Waals surface area (Å²) in [5.74, 6) is -0.704. The Morgan fingerprint density at radius 3 is 2.56 bits per heavy atom. The average molecular weight is 337 g/mol. The number of aromatic amines is 2. The summed E-state index contributed by atoms with van der Waals surface area (Å²) in [6, 6.07) is 7.18. The number of nitrogens with one attached hydrogen (secondary N) is 2. The lowest BCUT2D eigenvalue weighted by Crippen LogP contribution is -2.01. The predicted molar refractivity (Wildman–Crippen MR) is 89.2 cm³/mol. The number of carbonyl (C=O) groups is 2. The summed E-state index contributed by atoms with van der Waals surface area (Å²) in [6.45, 7) is 1.51. The maximum absolute atomic E-state index is 11.9. The third-order valence-corrected chi connectivity index (χ3v) is 3.65. The van der Waals surface area contributed by atoms with E-state index in [9.17, 15) is 14.7 Å². The number of benzene rings is 1. The van der Waals surface area contributed by atoms with Gasteiger partial charge in [-0.1, -0.05) is 24.3 Å². The van der Waals surface area contributed by atoms with E-state index in [4.69, 9.17) is 0 Å². The van der Waals surface area contributed by atoms with Gasteiger partial charge in [-0.25, -0.2) is 4.98 Å². The second kappa shape index (κ2) is 6.91. The van der Waals surface area contributed by atoms with Crippen molar-refractivity contribution < 1.29 is 14.7 Å². The Hall–Kier alpha value is -3.55. The lowest BCUT2D eigenvalue weighted by atomic mass is 10.0. The SMILES string of the molecule is CC(=O)c1ccc(Cc2cn[nH]c2C(O)=CC(=O)c2ncn[nH]2)cc1. The summed E-state index contributed by atoms with van der Waals surface area (Å²) in [4.78, 5) is 27.0. The molecular formula is C17H15N5O3. The molecule has 0 radical (unpaired) electrons. The highest BCUT2D eigenvalue weighted by atomic mass is 16.3. The molecule has 1 aromatic carbocycles. The first kappa shape index (κ1) is 16.3. The number of hydrogen-bond donors (Lipinski definition) is 3. The largest absolute Gasteiger partial charge is 0.506 e. The van der Waals surface area contributed by atoms with Gasteiger partial charge in [0.2, 0.25) is 5.78 Å². The molecule has 126 valence electrons. The zero-order chi connectivity index (χ0) is 17.8. The van der Waals surface area contributed by atoms with Crippen molar-refractivity contribution in [3.8, 4) is 0 Å². The van der Waals surface area contributed by atoms with Crippen molar-refractivity contribution in [3.63, 3.8) is 0 Å². The van der Waals surface area contributed by atoms with Crippen LogP contribution >= 0.6 is 0 Å². The summed E-state index contributed by atoms with van der Waals surface area (Å²) in [6.07, 6.45) is 4.33. The van der Waals surface area contributed by atoms with Crippen molar-refractivity contribution >= 4 is 17.3 Å². The van der Waals surface area contributed by atoms with E-state index in [2.05, 4.69) is 25.4 Å². The molecule has 0 saturated heterocycles. The molecule has 0 bridgehead atoms. The van der Waals surface area contributed by atoms with Crippen LogP contribution < -0.4 is 0 Å². The highest BCUT2D eigenvalue weighted by molar-refractivity contribution is 6.05. The van der Waals surface area contributed by atoms with Gasteiger partial charge in [-0.3, -0.25) is 19.8 Å². The number of ketones is 2. The van der Waals surface area contributed by atoms with Crippen molar-refractivity contribution in [2.75, 3.05) is 0 Å². The maximum atomic E-state index is 11.9. The van der Waals surface area contributed by atoms with Crippen molar-refractivity contribution in [2.24, 2.45) is 0 Å². The number of aromatic nitrogens is 5. The highest BCUT2D eigenvalue weighted by Gasteiger charge is 2.14. The Kier molecular flexibility index (Phi) is 4.51. The normalized spacial score (nSPS) is 11.5. The molecule has 3 N–H and O–H groups in total. The molecule has 0 amide bonds. The third-order valence-electron chi connectivity index (χ3n) is 3.65. The number of allylic oxidation sites excluding steroid dienone is 1. The Labute approximate surface area is 142 Å². The summed E-state index contributed by atoms with van der Waals surface area (Å²) in [5, 5.41) is 22.9. The zero-order valence-electron chi connectivity index (χ0n) is 13.4.